The predicted molar refractivity (Wildman–Crippen MR) is 154 cm³/mol. The first kappa shape index (κ1) is 30.1. The molecule has 5 rings (SSSR count). The van der Waals surface area contributed by atoms with Crippen LogP contribution in [0.4, 0.5) is 20.3 Å². The average molecular weight is 608 g/mol. The van der Waals surface area contributed by atoms with Crippen molar-refractivity contribution in [1.29, 1.82) is 5.26 Å². The number of nitrogens with one attached hydrogen (secondary N) is 1. The van der Waals surface area contributed by atoms with Crippen LogP contribution in [0.3, 0.4) is 0 Å². The number of hydrogen-bond acceptors (Lipinski definition) is 6. The number of anilines is 2. The van der Waals surface area contributed by atoms with Gasteiger partial charge in [-0.05, 0) is 42.3 Å². The molecule has 2 aromatic carbocycles. The van der Waals surface area contributed by atoms with Gasteiger partial charge in [-0.15, -0.1) is 0 Å². The number of hydrogen-bond donors (Lipinski definition) is 2. The van der Waals surface area contributed by atoms with Gasteiger partial charge in [0.2, 0.25) is 17.7 Å². The van der Waals surface area contributed by atoms with Crippen molar-refractivity contribution < 1.29 is 28.3 Å². The Hall–Kier alpha value is -4.40. The number of carbonyl (C=O) groups excluding carboxylic acids is 3. The lowest BCUT2D eigenvalue weighted by Crippen LogP contribution is -2.54. The van der Waals surface area contributed by atoms with Crippen molar-refractivity contribution in [3.8, 4) is 6.07 Å². The zero-order valence-electron chi connectivity index (χ0n) is 22.9. The molecule has 0 radical (unpaired) electrons. The fourth-order valence-electron chi connectivity index (χ4n) is 5.55. The van der Waals surface area contributed by atoms with Crippen molar-refractivity contribution in [3.63, 3.8) is 0 Å². The van der Waals surface area contributed by atoms with E-state index in [1.54, 1.807) is 48.5 Å². The van der Waals surface area contributed by atoms with Gasteiger partial charge in [-0.3, -0.25) is 24.2 Å². The van der Waals surface area contributed by atoms with Crippen molar-refractivity contribution in [2.75, 3.05) is 9.80 Å². The van der Waals surface area contributed by atoms with E-state index in [4.69, 9.17) is 11.6 Å². The maximum Gasteiger partial charge on any atom is 0.252 e. The van der Waals surface area contributed by atoms with Crippen LogP contribution in [-0.4, -0.2) is 45.8 Å². The molecule has 2 atom stereocenters. The van der Waals surface area contributed by atoms with Crippen LogP contribution >= 0.6 is 11.6 Å². The highest BCUT2D eigenvalue weighted by Crippen LogP contribution is 2.39. The summed E-state index contributed by atoms with van der Waals surface area (Å²) >= 11 is 6.54. The summed E-state index contributed by atoms with van der Waals surface area (Å²) < 4.78 is 27.3. The molecule has 9 nitrogen and oxygen atoms in total. The standard InChI is InChI=1S/C31H28ClF2N5O4/c32-25-7-2-1-6-24(25)29(30(43)37-21-15-31(33,34)16-21)39(22-5-3-4-20(12-22)18-40)28(42)14-23-8-9-27(41)38(23)26-13-19(17-35)10-11-36-26/h1-7,10-13,21,23,29,40H,8-9,14-16,18H2,(H,37,43). The Labute approximate surface area is 251 Å². The predicted octanol–water partition coefficient (Wildman–Crippen LogP) is 4.67. The van der Waals surface area contributed by atoms with E-state index in [-0.39, 0.29) is 47.4 Å². The minimum absolute atomic E-state index is 0.153. The molecule has 1 aliphatic carbocycles. The molecule has 2 heterocycles. The van der Waals surface area contributed by atoms with Gasteiger partial charge >= 0.3 is 0 Å². The molecule has 1 saturated carbocycles. The first-order chi connectivity index (χ1) is 20.6. The molecule has 2 unspecified atom stereocenters. The summed E-state index contributed by atoms with van der Waals surface area (Å²) in [6, 6.07) is 15.1. The number of aliphatic hydroxyl groups excluding tert-OH is 1. The number of nitrogens with zero attached hydrogens (tertiary/aromatic N) is 4. The normalized spacial score (nSPS) is 18.4. The third kappa shape index (κ3) is 6.50. The van der Waals surface area contributed by atoms with Crippen LogP contribution in [0, 0.1) is 11.3 Å². The second-order valence-corrected chi connectivity index (χ2v) is 11.1. The van der Waals surface area contributed by atoms with Crippen molar-refractivity contribution in [2.24, 2.45) is 0 Å². The number of amides is 3. The minimum atomic E-state index is -2.88. The third-order valence-electron chi connectivity index (χ3n) is 7.64. The SMILES string of the molecule is N#Cc1ccnc(N2C(=O)CCC2CC(=O)N(c2cccc(CO)c2)C(C(=O)NC2CC(F)(F)C2)c2ccccc2Cl)c1. The Morgan fingerprint density at radius 2 is 1.95 bits per heavy atom. The summed E-state index contributed by atoms with van der Waals surface area (Å²) in [6.45, 7) is -0.332. The maximum absolute atomic E-state index is 14.3. The molecular formula is C31H28ClF2N5O4. The summed E-state index contributed by atoms with van der Waals surface area (Å²) in [5.41, 5.74) is 1.32. The number of aromatic nitrogens is 1. The van der Waals surface area contributed by atoms with Gasteiger partial charge in [0.1, 0.15) is 11.9 Å². The Morgan fingerprint density at radius 3 is 2.65 bits per heavy atom. The molecule has 3 amide bonds. The summed E-state index contributed by atoms with van der Waals surface area (Å²) in [5.74, 6) is -4.15. The Kier molecular flexibility index (Phi) is 8.71. The second kappa shape index (κ2) is 12.5. The molecule has 2 aliphatic rings. The molecule has 222 valence electrons. The molecule has 43 heavy (non-hydrogen) atoms. The molecular weight excluding hydrogens is 580 g/mol. The van der Waals surface area contributed by atoms with Crippen LogP contribution in [0.1, 0.15) is 54.8 Å². The van der Waals surface area contributed by atoms with Crippen LogP contribution in [-0.2, 0) is 21.0 Å². The first-order valence-corrected chi connectivity index (χ1v) is 14.1. The van der Waals surface area contributed by atoms with E-state index in [1.165, 1.54) is 28.1 Å². The highest BCUT2D eigenvalue weighted by Gasteiger charge is 2.47. The number of aliphatic hydroxyl groups is 1. The number of benzene rings is 2. The van der Waals surface area contributed by atoms with Gasteiger partial charge in [-0.2, -0.15) is 5.26 Å². The number of rotatable bonds is 9. The molecule has 2 N–H and O–H groups in total. The Bertz CT molecular complexity index is 1590. The van der Waals surface area contributed by atoms with E-state index in [0.29, 0.717) is 17.5 Å². The summed E-state index contributed by atoms with van der Waals surface area (Å²) in [4.78, 5) is 48.0. The second-order valence-electron chi connectivity index (χ2n) is 10.7. The molecule has 12 heteroatoms. The van der Waals surface area contributed by atoms with Crippen molar-refractivity contribution in [1.82, 2.24) is 10.3 Å². The van der Waals surface area contributed by atoms with Crippen LogP contribution < -0.4 is 15.1 Å². The lowest BCUT2D eigenvalue weighted by molar-refractivity contribution is -0.133. The van der Waals surface area contributed by atoms with Gasteiger partial charge in [0.05, 0.1) is 18.2 Å². The van der Waals surface area contributed by atoms with E-state index in [0.717, 1.165) is 0 Å². The maximum atomic E-state index is 14.3. The van der Waals surface area contributed by atoms with Gasteiger partial charge in [0.25, 0.3) is 5.92 Å². The van der Waals surface area contributed by atoms with Gasteiger partial charge < -0.3 is 10.4 Å². The van der Waals surface area contributed by atoms with Gasteiger partial charge in [-0.25, -0.2) is 13.8 Å². The van der Waals surface area contributed by atoms with Gasteiger partial charge in [0.15, 0.2) is 0 Å². The Morgan fingerprint density at radius 1 is 1.19 bits per heavy atom. The van der Waals surface area contributed by atoms with Crippen molar-refractivity contribution in [2.45, 2.75) is 62.8 Å². The molecule has 1 aromatic heterocycles. The van der Waals surface area contributed by atoms with Crippen LogP contribution in [0.5, 0.6) is 0 Å². The fraction of sp³-hybridized carbons (Fsp3) is 0.323. The zero-order chi connectivity index (χ0) is 30.7. The van der Waals surface area contributed by atoms with Crippen LogP contribution in [0.15, 0.2) is 66.9 Å². The number of nitriles is 1. The van der Waals surface area contributed by atoms with Crippen molar-refractivity contribution in [3.05, 3.63) is 88.6 Å². The van der Waals surface area contributed by atoms with E-state index in [2.05, 4.69) is 10.3 Å². The highest BCUT2D eigenvalue weighted by molar-refractivity contribution is 6.31. The molecule has 0 spiro atoms. The molecule has 1 saturated heterocycles. The minimum Gasteiger partial charge on any atom is -0.392 e. The lowest BCUT2D eigenvalue weighted by Gasteiger charge is -2.38. The first-order valence-electron chi connectivity index (χ1n) is 13.7. The van der Waals surface area contributed by atoms with Gasteiger partial charge in [0, 0.05) is 60.2 Å². The van der Waals surface area contributed by atoms with Crippen molar-refractivity contribution >= 4 is 40.8 Å². The number of alkyl halides is 2. The van der Waals surface area contributed by atoms with E-state index < -0.39 is 48.7 Å². The highest BCUT2D eigenvalue weighted by atomic mass is 35.5. The third-order valence-corrected chi connectivity index (χ3v) is 7.98. The summed E-state index contributed by atoms with van der Waals surface area (Å²) in [6.07, 6.45) is 0.635. The van der Waals surface area contributed by atoms with Crippen LogP contribution in [0.25, 0.3) is 0 Å². The topological polar surface area (TPSA) is 127 Å². The summed E-state index contributed by atoms with van der Waals surface area (Å²) in [5, 5.41) is 22.0. The smallest absolute Gasteiger partial charge is 0.252 e. The molecule has 2 fully saturated rings. The van der Waals surface area contributed by atoms with E-state index in [1.807, 2.05) is 6.07 Å². The monoisotopic (exact) mass is 607 g/mol. The summed E-state index contributed by atoms with van der Waals surface area (Å²) in [7, 11) is 0. The van der Waals surface area contributed by atoms with E-state index >= 15 is 0 Å². The lowest BCUT2D eigenvalue weighted by atomic mass is 9.87. The van der Waals surface area contributed by atoms with E-state index in [9.17, 15) is 33.5 Å². The van der Waals surface area contributed by atoms with Crippen LogP contribution in [0.2, 0.25) is 5.02 Å². The van der Waals surface area contributed by atoms with Gasteiger partial charge in [-0.1, -0.05) is 41.9 Å². The number of carbonyl (C=O) groups is 3. The average Bonchev–Trinajstić information content (AvgIpc) is 3.34. The number of pyridine rings is 1. The zero-order valence-corrected chi connectivity index (χ0v) is 23.7. The molecule has 0 bridgehead atoms. The molecule has 3 aromatic rings. The fourth-order valence-corrected chi connectivity index (χ4v) is 5.79. The Balaban J connectivity index is 1.54. The number of halogens is 3. The molecule has 1 aliphatic heterocycles. The largest absolute Gasteiger partial charge is 0.392 e. The quantitative estimate of drug-likeness (QED) is 0.364.